The van der Waals surface area contributed by atoms with Crippen LogP contribution in [0.1, 0.15) is 70.7 Å². The highest BCUT2D eigenvalue weighted by atomic mass is 16.6. The number of amides is 3. The van der Waals surface area contributed by atoms with Gasteiger partial charge in [0, 0.05) is 11.7 Å². The van der Waals surface area contributed by atoms with E-state index in [1.54, 1.807) is 57.0 Å². The molecule has 3 amide bonds. The van der Waals surface area contributed by atoms with Crippen LogP contribution in [0, 0.1) is 25.7 Å². The number of hydrogen-bond donors (Lipinski definition) is 2. The van der Waals surface area contributed by atoms with E-state index in [1.165, 1.54) is 0 Å². The van der Waals surface area contributed by atoms with Crippen LogP contribution in [0.3, 0.4) is 0 Å². The van der Waals surface area contributed by atoms with Gasteiger partial charge in [-0.3, -0.25) is 9.59 Å². The van der Waals surface area contributed by atoms with Gasteiger partial charge in [-0.15, -0.1) is 0 Å². The van der Waals surface area contributed by atoms with Gasteiger partial charge in [-0.1, -0.05) is 39.0 Å². The van der Waals surface area contributed by atoms with E-state index in [0.29, 0.717) is 11.4 Å². The lowest BCUT2D eigenvalue weighted by Crippen LogP contribution is -2.55. The van der Waals surface area contributed by atoms with E-state index in [0.717, 1.165) is 23.1 Å². The summed E-state index contributed by atoms with van der Waals surface area (Å²) < 4.78 is 10.7. The molecule has 0 spiro atoms. The summed E-state index contributed by atoms with van der Waals surface area (Å²) in [6, 6.07) is 11.0. The molecule has 1 fully saturated rings. The highest BCUT2D eigenvalue weighted by Crippen LogP contribution is 2.41. The molecule has 4 unspecified atom stereocenters. The second-order valence-corrected chi connectivity index (χ2v) is 11.9. The third kappa shape index (κ3) is 7.74. The summed E-state index contributed by atoms with van der Waals surface area (Å²) in [6.07, 6.45) is 0.115. The van der Waals surface area contributed by atoms with Gasteiger partial charge in [0.1, 0.15) is 23.4 Å². The van der Waals surface area contributed by atoms with E-state index < -0.39 is 23.8 Å². The summed E-state index contributed by atoms with van der Waals surface area (Å²) in [5.74, 6) is 0.0435. The minimum absolute atomic E-state index is 0.132. The van der Waals surface area contributed by atoms with Gasteiger partial charge in [0.2, 0.25) is 5.91 Å². The van der Waals surface area contributed by atoms with Crippen molar-refractivity contribution >= 4 is 23.6 Å². The molecular formula is C31H43N3O5. The lowest BCUT2D eigenvalue weighted by molar-refractivity contribution is -0.142. The van der Waals surface area contributed by atoms with Gasteiger partial charge in [0.25, 0.3) is 5.91 Å². The number of carbonyl (C=O) groups excluding carboxylic acids is 3. The molecule has 0 aromatic heterocycles. The second-order valence-electron chi connectivity index (χ2n) is 11.9. The van der Waals surface area contributed by atoms with Gasteiger partial charge in [0.05, 0.1) is 7.11 Å². The summed E-state index contributed by atoms with van der Waals surface area (Å²) in [5, 5.41) is 5.78. The van der Waals surface area contributed by atoms with E-state index in [4.69, 9.17) is 9.47 Å². The van der Waals surface area contributed by atoms with Crippen LogP contribution in [0.15, 0.2) is 42.5 Å². The molecule has 212 valence electrons. The van der Waals surface area contributed by atoms with Crippen LogP contribution >= 0.6 is 0 Å². The van der Waals surface area contributed by atoms with Crippen molar-refractivity contribution in [3.63, 3.8) is 0 Å². The summed E-state index contributed by atoms with van der Waals surface area (Å²) in [4.78, 5) is 42.7. The SMILES string of the molecule is COc1ccc(NC(=O)C(c2ccc(C)c(C)c2)N(C(=O)C(NC(=O)OC(C)(C)C)C(C)C)C2CC2C)cc1. The molecule has 1 aliphatic rings. The maximum atomic E-state index is 14.3. The fraction of sp³-hybridized carbons (Fsp3) is 0.516. The first kappa shape index (κ1) is 30.0. The summed E-state index contributed by atoms with van der Waals surface area (Å²) in [6.45, 7) is 15.1. The van der Waals surface area contributed by atoms with Gasteiger partial charge in [-0.05, 0) is 93.8 Å². The number of hydrogen-bond acceptors (Lipinski definition) is 5. The Morgan fingerprint density at radius 1 is 1.00 bits per heavy atom. The fourth-order valence-corrected chi connectivity index (χ4v) is 4.54. The number of methoxy groups -OCH3 is 1. The number of aryl methyl sites for hydroxylation is 2. The minimum atomic E-state index is -0.893. The van der Waals surface area contributed by atoms with Gasteiger partial charge in [-0.25, -0.2) is 4.79 Å². The van der Waals surface area contributed by atoms with Crippen molar-refractivity contribution in [1.82, 2.24) is 10.2 Å². The quantitative estimate of drug-likeness (QED) is 0.423. The molecule has 8 heteroatoms. The molecule has 8 nitrogen and oxygen atoms in total. The molecule has 0 radical (unpaired) electrons. The third-order valence-corrected chi connectivity index (χ3v) is 7.01. The minimum Gasteiger partial charge on any atom is -0.497 e. The first-order valence-electron chi connectivity index (χ1n) is 13.6. The molecule has 0 heterocycles. The van der Waals surface area contributed by atoms with Crippen LogP contribution in [-0.2, 0) is 14.3 Å². The van der Waals surface area contributed by atoms with Crippen LogP contribution in [0.25, 0.3) is 0 Å². The van der Waals surface area contributed by atoms with E-state index in [1.807, 2.05) is 45.9 Å². The van der Waals surface area contributed by atoms with Crippen LogP contribution in [-0.4, -0.2) is 47.6 Å². The van der Waals surface area contributed by atoms with Crippen molar-refractivity contribution in [2.45, 2.75) is 85.5 Å². The Labute approximate surface area is 232 Å². The molecule has 2 N–H and O–H groups in total. The maximum Gasteiger partial charge on any atom is 0.408 e. The lowest BCUT2D eigenvalue weighted by Gasteiger charge is -2.36. The highest BCUT2D eigenvalue weighted by molar-refractivity contribution is 5.99. The predicted molar refractivity (Wildman–Crippen MR) is 153 cm³/mol. The van der Waals surface area contributed by atoms with Gasteiger partial charge >= 0.3 is 6.09 Å². The van der Waals surface area contributed by atoms with Gasteiger partial charge in [0.15, 0.2) is 0 Å². The van der Waals surface area contributed by atoms with Crippen LogP contribution < -0.4 is 15.4 Å². The Kier molecular flexibility index (Phi) is 9.30. The molecule has 2 aromatic rings. The Hall–Kier alpha value is -3.55. The molecule has 2 aromatic carbocycles. The number of rotatable bonds is 9. The smallest absolute Gasteiger partial charge is 0.408 e. The van der Waals surface area contributed by atoms with Crippen molar-refractivity contribution in [2.24, 2.45) is 11.8 Å². The number of nitrogens with one attached hydrogen (secondary N) is 2. The fourth-order valence-electron chi connectivity index (χ4n) is 4.54. The van der Waals surface area contributed by atoms with Crippen LogP contribution in [0.5, 0.6) is 5.75 Å². The Morgan fingerprint density at radius 3 is 2.10 bits per heavy atom. The number of alkyl carbamates (subject to hydrolysis) is 1. The summed E-state index contributed by atoms with van der Waals surface area (Å²) in [7, 11) is 1.58. The van der Waals surface area contributed by atoms with Crippen molar-refractivity contribution in [2.75, 3.05) is 12.4 Å². The molecule has 0 bridgehead atoms. The summed E-state index contributed by atoms with van der Waals surface area (Å²) >= 11 is 0. The largest absolute Gasteiger partial charge is 0.497 e. The Bertz CT molecular complexity index is 1190. The monoisotopic (exact) mass is 537 g/mol. The van der Waals surface area contributed by atoms with E-state index >= 15 is 0 Å². The molecule has 3 rings (SSSR count). The molecule has 39 heavy (non-hydrogen) atoms. The topological polar surface area (TPSA) is 97.0 Å². The summed E-state index contributed by atoms with van der Waals surface area (Å²) in [5.41, 5.74) is 2.73. The first-order chi connectivity index (χ1) is 18.2. The van der Waals surface area contributed by atoms with E-state index in [2.05, 4.69) is 17.6 Å². The predicted octanol–water partition coefficient (Wildman–Crippen LogP) is 5.78. The maximum absolute atomic E-state index is 14.3. The number of nitrogens with zero attached hydrogens (tertiary/aromatic N) is 1. The first-order valence-corrected chi connectivity index (χ1v) is 13.6. The third-order valence-electron chi connectivity index (χ3n) is 7.01. The van der Waals surface area contributed by atoms with Crippen molar-refractivity contribution in [3.8, 4) is 5.75 Å². The number of ether oxygens (including phenoxy) is 2. The molecule has 1 aliphatic carbocycles. The van der Waals surface area contributed by atoms with Gasteiger partial charge < -0.3 is 25.0 Å². The van der Waals surface area contributed by atoms with Crippen LogP contribution in [0.4, 0.5) is 10.5 Å². The average molecular weight is 538 g/mol. The van der Waals surface area contributed by atoms with E-state index in [-0.39, 0.29) is 29.7 Å². The molecular weight excluding hydrogens is 494 g/mol. The van der Waals surface area contributed by atoms with Crippen molar-refractivity contribution in [3.05, 3.63) is 59.2 Å². The highest BCUT2D eigenvalue weighted by Gasteiger charge is 2.48. The van der Waals surface area contributed by atoms with E-state index in [9.17, 15) is 14.4 Å². The number of carbonyl (C=O) groups is 3. The average Bonchev–Trinajstić information content (AvgIpc) is 3.57. The second kappa shape index (κ2) is 12.1. The van der Waals surface area contributed by atoms with Crippen molar-refractivity contribution in [1.29, 1.82) is 0 Å². The Morgan fingerprint density at radius 2 is 1.62 bits per heavy atom. The zero-order valence-electron chi connectivity index (χ0n) is 24.6. The standard InChI is InChI=1S/C31H43N3O5/c1-18(2)26(33-30(37)39-31(6,7)8)29(36)34(25-17-21(25)5)27(22-11-10-19(3)20(4)16-22)28(35)32-23-12-14-24(38-9)15-13-23/h10-16,18,21,25-27H,17H2,1-9H3,(H,32,35)(H,33,37). The van der Waals surface area contributed by atoms with Crippen LogP contribution in [0.2, 0.25) is 0 Å². The molecule has 1 saturated carbocycles. The number of anilines is 1. The van der Waals surface area contributed by atoms with Gasteiger partial charge in [-0.2, -0.15) is 0 Å². The molecule has 0 aliphatic heterocycles. The number of benzene rings is 2. The molecule has 4 atom stereocenters. The zero-order chi connectivity index (χ0) is 29.1. The molecule has 0 saturated heterocycles. The lowest BCUT2D eigenvalue weighted by atomic mass is 9.96. The normalized spacial score (nSPS) is 18.1. The Balaban J connectivity index is 2.03. The van der Waals surface area contributed by atoms with Crippen molar-refractivity contribution < 1.29 is 23.9 Å². The zero-order valence-corrected chi connectivity index (χ0v) is 24.6.